The third-order valence-corrected chi connectivity index (χ3v) is 6.73. The minimum Gasteiger partial charge on any atom is -0.384 e. The quantitative estimate of drug-likeness (QED) is 0.419. The average molecular weight is 431 g/mol. The van der Waals surface area contributed by atoms with Crippen LogP contribution >= 0.6 is 11.3 Å². The standard InChI is InChI=1S/C25H26N4OS/c1-30-15-12-23-27-24(19-8-4-2-5-9-19)22-18-28(13-14-29(22)23)17-21-16-26-25(31-21)20-10-6-3-7-11-20/h2-11,16H,12-15,17-18H2,1H3. The first kappa shape index (κ1) is 20.1. The number of methoxy groups -OCH3 is 1. The van der Waals surface area contributed by atoms with Crippen LogP contribution in [-0.2, 0) is 30.8 Å². The lowest BCUT2D eigenvalue weighted by atomic mass is 10.1. The first-order valence-electron chi connectivity index (χ1n) is 10.7. The Morgan fingerprint density at radius 3 is 2.45 bits per heavy atom. The normalized spacial score (nSPS) is 14.0. The van der Waals surface area contributed by atoms with Crippen molar-refractivity contribution in [3.05, 3.63) is 83.3 Å². The number of thiazole rings is 1. The number of nitrogens with zero attached hydrogens (tertiary/aromatic N) is 4. The molecule has 0 saturated carbocycles. The average Bonchev–Trinajstić information content (AvgIpc) is 3.43. The molecule has 31 heavy (non-hydrogen) atoms. The second kappa shape index (κ2) is 9.14. The van der Waals surface area contributed by atoms with E-state index in [1.54, 1.807) is 18.4 Å². The number of ether oxygens (including phenoxy) is 1. The molecule has 1 aliphatic rings. The van der Waals surface area contributed by atoms with Crippen molar-refractivity contribution in [2.75, 3.05) is 20.3 Å². The number of hydrogen-bond donors (Lipinski definition) is 0. The van der Waals surface area contributed by atoms with Gasteiger partial charge in [0, 0.05) is 61.9 Å². The summed E-state index contributed by atoms with van der Waals surface area (Å²) in [4.78, 5) is 13.5. The number of hydrogen-bond acceptors (Lipinski definition) is 5. The van der Waals surface area contributed by atoms with E-state index in [0.717, 1.165) is 49.1 Å². The minimum absolute atomic E-state index is 0.692. The Hall–Kier alpha value is -2.80. The lowest BCUT2D eigenvalue weighted by molar-refractivity contribution is 0.193. The molecule has 0 saturated heterocycles. The fraction of sp³-hybridized carbons (Fsp3) is 0.280. The molecule has 5 rings (SSSR count). The monoisotopic (exact) mass is 430 g/mol. The fourth-order valence-electron chi connectivity index (χ4n) is 4.16. The molecule has 4 aromatic rings. The predicted molar refractivity (Wildman–Crippen MR) is 125 cm³/mol. The molecule has 0 atom stereocenters. The first-order chi connectivity index (χ1) is 15.3. The molecule has 3 heterocycles. The molecule has 2 aromatic carbocycles. The molecule has 0 fully saturated rings. The fourth-order valence-corrected chi connectivity index (χ4v) is 5.12. The van der Waals surface area contributed by atoms with Gasteiger partial charge in [-0.25, -0.2) is 9.97 Å². The Bertz CT molecular complexity index is 1140. The van der Waals surface area contributed by atoms with E-state index >= 15 is 0 Å². The molecule has 5 nitrogen and oxygen atoms in total. The second-order valence-electron chi connectivity index (χ2n) is 7.79. The Kier molecular flexibility index (Phi) is 5.93. The van der Waals surface area contributed by atoms with Crippen LogP contribution in [0.25, 0.3) is 21.8 Å². The van der Waals surface area contributed by atoms with E-state index < -0.39 is 0 Å². The van der Waals surface area contributed by atoms with Crippen LogP contribution in [0.4, 0.5) is 0 Å². The number of benzene rings is 2. The van der Waals surface area contributed by atoms with Gasteiger partial charge in [0.25, 0.3) is 0 Å². The maximum Gasteiger partial charge on any atom is 0.123 e. The van der Waals surface area contributed by atoms with Gasteiger partial charge in [-0.05, 0) is 0 Å². The van der Waals surface area contributed by atoms with Crippen LogP contribution < -0.4 is 0 Å². The highest BCUT2D eigenvalue weighted by molar-refractivity contribution is 7.15. The molecule has 6 heteroatoms. The van der Waals surface area contributed by atoms with Crippen molar-refractivity contribution in [1.82, 2.24) is 19.4 Å². The van der Waals surface area contributed by atoms with Gasteiger partial charge < -0.3 is 9.30 Å². The SMILES string of the molecule is COCCc1nc(-c2ccccc2)c2n1CCN(Cc1cnc(-c3ccccc3)s1)C2. The Morgan fingerprint density at radius 1 is 0.968 bits per heavy atom. The summed E-state index contributed by atoms with van der Waals surface area (Å²) >= 11 is 1.79. The van der Waals surface area contributed by atoms with Crippen LogP contribution in [0.5, 0.6) is 0 Å². The molecule has 0 radical (unpaired) electrons. The molecule has 0 unspecified atom stereocenters. The Morgan fingerprint density at radius 2 is 1.71 bits per heavy atom. The highest BCUT2D eigenvalue weighted by atomic mass is 32.1. The number of aromatic nitrogens is 3. The molecule has 0 spiro atoms. The van der Waals surface area contributed by atoms with Gasteiger partial charge in [-0.3, -0.25) is 4.90 Å². The summed E-state index contributed by atoms with van der Waals surface area (Å²) in [6.07, 6.45) is 2.87. The molecule has 0 bridgehead atoms. The van der Waals surface area contributed by atoms with Crippen molar-refractivity contribution in [2.24, 2.45) is 0 Å². The van der Waals surface area contributed by atoms with E-state index in [9.17, 15) is 0 Å². The van der Waals surface area contributed by atoms with Crippen molar-refractivity contribution in [2.45, 2.75) is 26.1 Å². The van der Waals surface area contributed by atoms with Gasteiger partial charge in [0.1, 0.15) is 10.8 Å². The Balaban J connectivity index is 1.38. The summed E-state index contributed by atoms with van der Waals surface area (Å²) in [6.45, 7) is 4.46. The van der Waals surface area contributed by atoms with Gasteiger partial charge >= 0.3 is 0 Å². The summed E-state index contributed by atoms with van der Waals surface area (Å²) < 4.78 is 7.72. The topological polar surface area (TPSA) is 43.2 Å². The largest absolute Gasteiger partial charge is 0.384 e. The van der Waals surface area contributed by atoms with E-state index in [2.05, 4.69) is 69.0 Å². The minimum atomic E-state index is 0.692. The molecule has 2 aromatic heterocycles. The second-order valence-corrected chi connectivity index (χ2v) is 8.91. The van der Waals surface area contributed by atoms with Crippen molar-refractivity contribution in [1.29, 1.82) is 0 Å². The maximum atomic E-state index is 5.32. The van der Waals surface area contributed by atoms with E-state index in [1.807, 2.05) is 12.3 Å². The first-order valence-corrected chi connectivity index (χ1v) is 11.5. The highest BCUT2D eigenvalue weighted by Crippen LogP contribution is 2.30. The van der Waals surface area contributed by atoms with Gasteiger partial charge in [-0.1, -0.05) is 60.7 Å². The van der Waals surface area contributed by atoms with E-state index in [1.165, 1.54) is 21.7 Å². The van der Waals surface area contributed by atoms with Crippen LogP contribution in [-0.4, -0.2) is 39.7 Å². The molecular formula is C25H26N4OS. The molecule has 0 aliphatic carbocycles. The maximum absolute atomic E-state index is 5.32. The Labute approximate surface area is 187 Å². The lowest BCUT2D eigenvalue weighted by Crippen LogP contribution is -2.33. The van der Waals surface area contributed by atoms with E-state index in [-0.39, 0.29) is 0 Å². The van der Waals surface area contributed by atoms with Gasteiger partial charge in [-0.2, -0.15) is 0 Å². The van der Waals surface area contributed by atoms with Crippen LogP contribution in [0.1, 0.15) is 16.4 Å². The summed E-state index contributed by atoms with van der Waals surface area (Å²) in [5.41, 5.74) is 4.77. The predicted octanol–water partition coefficient (Wildman–Crippen LogP) is 4.88. The summed E-state index contributed by atoms with van der Waals surface area (Å²) in [5.74, 6) is 1.12. The molecule has 0 amide bonds. The molecule has 0 N–H and O–H groups in total. The van der Waals surface area contributed by atoms with Crippen LogP contribution in [0, 0.1) is 0 Å². The van der Waals surface area contributed by atoms with Crippen molar-refractivity contribution < 1.29 is 4.74 Å². The number of rotatable bonds is 7. The van der Waals surface area contributed by atoms with Crippen molar-refractivity contribution >= 4 is 11.3 Å². The highest BCUT2D eigenvalue weighted by Gasteiger charge is 2.25. The third kappa shape index (κ3) is 4.32. The number of imidazole rings is 1. The van der Waals surface area contributed by atoms with Crippen molar-refractivity contribution in [3.8, 4) is 21.8 Å². The van der Waals surface area contributed by atoms with E-state index in [0.29, 0.717) is 6.61 Å². The van der Waals surface area contributed by atoms with Gasteiger partial charge in [0.15, 0.2) is 0 Å². The summed E-state index contributed by atoms with van der Waals surface area (Å²) in [5, 5.41) is 1.09. The van der Waals surface area contributed by atoms with E-state index in [4.69, 9.17) is 9.72 Å². The van der Waals surface area contributed by atoms with Gasteiger partial charge in [-0.15, -0.1) is 11.3 Å². The van der Waals surface area contributed by atoms with Crippen LogP contribution in [0.2, 0.25) is 0 Å². The lowest BCUT2D eigenvalue weighted by Gasteiger charge is -2.29. The third-order valence-electron chi connectivity index (χ3n) is 5.70. The van der Waals surface area contributed by atoms with Crippen LogP contribution in [0.15, 0.2) is 66.9 Å². The zero-order valence-corrected chi connectivity index (χ0v) is 18.5. The smallest absolute Gasteiger partial charge is 0.123 e. The summed E-state index contributed by atoms with van der Waals surface area (Å²) in [7, 11) is 1.75. The van der Waals surface area contributed by atoms with Crippen molar-refractivity contribution in [3.63, 3.8) is 0 Å². The zero-order chi connectivity index (χ0) is 21.0. The van der Waals surface area contributed by atoms with Gasteiger partial charge in [0.05, 0.1) is 18.0 Å². The zero-order valence-electron chi connectivity index (χ0n) is 17.7. The molecular weight excluding hydrogens is 404 g/mol. The summed E-state index contributed by atoms with van der Waals surface area (Å²) in [6, 6.07) is 20.9. The number of fused-ring (bicyclic) bond motifs is 1. The molecule has 158 valence electrons. The van der Waals surface area contributed by atoms with Gasteiger partial charge in [0.2, 0.25) is 0 Å². The molecule has 1 aliphatic heterocycles. The van der Waals surface area contributed by atoms with Crippen LogP contribution in [0.3, 0.4) is 0 Å².